The van der Waals surface area contributed by atoms with Gasteiger partial charge in [-0.15, -0.1) is 0 Å². The summed E-state index contributed by atoms with van der Waals surface area (Å²) in [4.78, 5) is 2.34. The van der Waals surface area contributed by atoms with Crippen molar-refractivity contribution in [1.82, 2.24) is 0 Å². The standard InChI is InChI=1S/C26H25NO3/c1-25(2)20-7-5-6-8-22(20)27(3)26(25)16-24(17-9-12-19(29-4)13-10-17)30-23-15-18(28)11-14-21(23)26/h5-16,28H,1-4H3. The Morgan fingerprint density at radius 2 is 1.67 bits per heavy atom. The number of para-hydroxylation sites is 1. The molecule has 4 nitrogen and oxygen atoms in total. The number of phenols is 1. The lowest BCUT2D eigenvalue weighted by atomic mass is 9.65. The number of methoxy groups -OCH3 is 1. The fraction of sp³-hybridized carbons (Fsp3) is 0.231. The summed E-state index contributed by atoms with van der Waals surface area (Å²) in [5, 5.41) is 10.2. The number of anilines is 1. The molecule has 1 atom stereocenters. The van der Waals surface area contributed by atoms with Crippen molar-refractivity contribution in [2.24, 2.45) is 0 Å². The smallest absolute Gasteiger partial charge is 0.137 e. The molecule has 5 rings (SSSR count). The minimum Gasteiger partial charge on any atom is -0.508 e. The maximum absolute atomic E-state index is 10.2. The SMILES string of the molecule is COc1ccc(C2=CC3(c4ccc(O)cc4O2)N(C)c2ccccc2C3(C)C)cc1. The van der Waals surface area contributed by atoms with Crippen molar-refractivity contribution in [1.29, 1.82) is 0 Å². The van der Waals surface area contributed by atoms with E-state index in [4.69, 9.17) is 9.47 Å². The lowest BCUT2D eigenvalue weighted by molar-refractivity contribution is 0.313. The Bertz CT molecular complexity index is 1160. The zero-order valence-corrected chi connectivity index (χ0v) is 17.6. The van der Waals surface area contributed by atoms with Crippen LogP contribution in [0.4, 0.5) is 5.69 Å². The van der Waals surface area contributed by atoms with Crippen LogP contribution in [-0.4, -0.2) is 19.3 Å². The first-order valence-electron chi connectivity index (χ1n) is 10.1. The van der Waals surface area contributed by atoms with Gasteiger partial charge in [0.15, 0.2) is 0 Å². The number of phenolic OH excluding ortho intramolecular Hbond substituents is 1. The average Bonchev–Trinajstić information content (AvgIpc) is 2.92. The number of ether oxygens (including phenoxy) is 2. The Hall–Kier alpha value is -3.40. The van der Waals surface area contributed by atoms with Gasteiger partial charge in [-0.05, 0) is 54.1 Å². The second-order valence-corrected chi connectivity index (χ2v) is 8.49. The van der Waals surface area contributed by atoms with Crippen LogP contribution in [0.5, 0.6) is 17.2 Å². The lowest BCUT2D eigenvalue weighted by Gasteiger charge is -2.47. The van der Waals surface area contributed by atoms with Gasteiger partial charge in [0.1, 0.15) is 28.5 Å². The summed E-state index contributed by atoms with van der Waals surface area (Å²) in [6.07, 6.45) is 2.23. The number of hydrogen-bond acceptors (Lipinski definition) is 4. The number of aromatic hydroxyl groups is 1. The third kappa shape index (κ3) is 2.34. The van der Waals surface area contributed by atoms with Gasteiger partial charge in [0.25, 0.3) is 0 Å². The number of rotatable bonds is 2. The van der Waals surface area contributed by atoms with Gasteiger partial charge < -0.3 is 19.5 Å². The van der Waals surface area contributed by atoms with E-state index in [0.717, 1.165) is 22.6 Å². The van der Waals surface area contributed by atoms with E-state index in [1.165, 1.54) is 11.3 Å². The Balaban J connectivity index is 1.78. The maximum atomic E-state index is 10.2. The molecule has 0 aromatic heterocycles. The van der Waals surface area contributed by atoms with E-state index in [1.54, 1.807) is 19.2 Å². The summed E-state index contributed by atoms with van der Waals surface area (Å²) in [5.74, 6) is 2.43. The van der Waals surface area contributed by atoms with E-state index in [0.29, 0.717) is 5.75 Å². The molecular weight excluding hydrogens is 374 g/mol. The highest BCUT2D eigenvalue weighted by Crippen LogP contribution is 2.60. The van der Waals surface area contributed by atoms with Gasteiger partial charge in [0.05, 0.1) is 7.11 Å². The minimum atomic E-state index is -0.465. The van der Waals surface area contributed by atoms with Crippen LogP contribution in [0.1, 0.15) is 30.5 Å². The van der Waals surface area contributed by atoms with Crippen LogP contribution >= 0.6 is 0 Å². The van der Waals surface area contributed by atoms with Crippen LogP contribution in [0, 0.1) is 0 Å². The number of likely N-dealkylation sites (N-methyl/N-ethyl adjacent to an activating group) is 1. The molecule has 0 radical (unpaired) electrons. The highest BCUT2D eigenvalue weighted by Gasteiger charge is 2.58. The number of hydrogen-bond donors (Lipinski definition) is 1. The molecule has 1 spiro atoms. The van der Waals surface area contributed by atoms with E-state index >= 15 is 0 Å². The molecule has 0 amide bonds. The highest BCUT2D eigenvalue weighted by molar-refractivity contribution is 5.78. The van der Waals surface area contributed by atoms with Gasteiger partial charge in [-0.1, -0.05) is 32.0 Å². The van der Waals surface area contributed by atoms with Gasteiger partial charge >= 0.3 is 0 Å². The Morgan fingerprint density at radius 1 is 0.933 bits per heavy atom. The molecule has 152 valence electrons. The zero-order valence-electron chi connectivity index (χ0n) is 17.6. The third-order valence-electron chi connectivity index (χ3n) is 6.73. The molecule has 2 aliphatic rings. The predicted molar refractivity (Wildman–Crippen MR) is 119 cm³/mol. The fourth-order valence-electron chi connectivity index (χ4n) is 5.13. The Morgan fingerprint density at radius 3 is 2.37 bits per heavy atom. The van der Waals surface area contributed by atoms with Gasteiger partial charge in [-0.3, -0.25) is 0 Å². The summed E-state index contributed by atoms with van der Waals surface area (Å²) in [7, 11) is 3.80. The molecule has 0 bridgehead atoms. The van der Waals surface area contributed by atoms with Crippen LogP contribution in [0.2, 0.25) is 0 Å². The molecule has 1 unspecified atom stereocenters. The number of fused-ring (bicyclic) bond motifs is 3. The van der Waals surface area contributed by atoms with Gasteiger partial charge in [-0.2, -0.15) is 0 Å². The summed E-state index contributed by atoms with van der Waals surface area (Å²) in [6, 6.07) is 21.8. The molecule has 2 heterocycles. The molecule has 3 aromatic rings. The van der Waals surface area contributed by atoms with Crippen molar-refractivity contribution in [3.8, 4) is 17.2 Å². The van der Waals surface area contributed by atoms with Crippen molar-refractivity contribution in [3.05, 3.63) is 89.5 Å². The molecule has 30 heavy (non-hydrogen) atoms. The molecule has 0 saturated heterocycles. The Labute approximate surface area is 177 Å². The van der Waals surface area contributed by atoms with E-state index < -0.39 is 5.54 Å². The summed E-state index contributed by atoms with van der Waals surface area (Å²) >= 11 is 0. The molecule has 2 aliphatic heterocycles. The minimum absolute atomic E-state index is 0.191. The van der Waals surface area contributed by atoms with Crippen LogP contribution in [0.25, 0.3) is 5.76 Å². The van der Waals surface area contributed by atoms with Crippen molar-refractivity contribution < 1.29 is 14.6 Å². The number of benzene rings is 3. The van der Waals surface area contributed by atoms with E-state index in [1.807, 2.05) is 30.3 Å². The van der Waals surface area contributed by atoms with Gasteiger partial charge in [0, 0.05) is 35.3 Å². The van der Waals surface area contributed by atoms with Crippen LogP contribution < -0.4 is 14.4 Å². The number of nitrogens with zero attached hydrogens (tertiary/aromatic N) is 1. The monoisotopic (exact) mass is 399 g/mol. The molecule has 0 fully saturated rings. The summed E-state index contributed by atoms with van der Waals surface area (Å²) < 4.78 is 11.6. The Kier molecular flexibility index (Phi) is 3.91. The second-order valence-electron chi connectivity index (χ2n) is 8.49. The van der Waals surface area contributed by atoms with E-state index in [-0.39, 0.29) is 11.2 Å². The van der Waals surface area contributed by atoms with Crippen molar-refractivity contribution in [2.75, 3.05) is 19.1 Å². The first kappa shape index (κ1) is 18.6. The molecular formula is C26H25NO3. The first-order chi connectivity index (χ1) is 14.4. The van der Waals surface area contributed by atoms with Crippen LogP contribution in [0.3, 0.4) is 0 Å². The molecule has 1 N–H and O–H groups in total. The third-order valence-corrected chi connectivity index (χ3v) is 6.73. The first-order valence-corrected chi connectivity index (χ1v) is 10.1. The largest absolute Gasteiger partial charge is 0.508 e. The quantitative estimate of drug-likeness (QED) is 0.622. The summed E-state index contributed by atoms with van der Waals surface area (Å²) in [5.41, 5.74) is 3.80. The molecule has 0 saturated carbocycles. The normalized spacial score (nSPS) is 20.9. The topological polar surface area (TPSA) is 41.9 Å². The predicted octanol–water partition coefficient (Wildman–Crippen LogP) is 5.46. The van der Waals surface area contributed by atoms with Crippen molar-refractivity contribution >= 4 is 11.4 Å². The fourth-order valence-corrected chi connectivity index (χ4v) is 5.13. The zero-order chi connectivity index (χ0) is 21.1. The van der Waals surface area contributed by atoms with Gasteiger partial charge in [-0.25, -0.2) is 0 Å². The summed E-state index contributed by atoms with van der Waals surface area (Å²) in [6.45, 7) is 4.55. The van der Waals surface area contributed by atoms with Crippen LogP contribution in [0.15, 0.2) is 72.8 Å². The van der Waals surface area contributed by atoms with E-state index in [2.05, 4.69) is 56.1 Å². The molecule has 0 aliphatic carbocycles. The van der Waals surface area contributed by atoms with Crippen LogP contribution in [-0.2, 0) is 11.0 Å². The maximum Gasteiger partial charge on any atom is 0.137 e. The highest BCUT2D eigenvalue weighted by atomic mass is 16.5. The molecule has 4 heteroatoms. The average molecular weight is 399 g/mol. The lowest BCUT2D eigenvalue weighted by Crippen LogP contribution is -2.51. The van der Waals surface area contributed by atoms with Gasteiger partial charge in [0.2, 0.25) is 0 Å². The van der Waals surface area contributed by atoms with Crippen molar-refractivity contribution in [2.45, 2.75) is 24.8 Å². The van der Waals surface area contributed by atoms with E-state index in [9.17, 15) is 5.11 Å². The second kappa shape index (κ2) is 6.30. The van der Waals surface area contributed by atoms with Crippen molar-refractivity contribution in [3.63, 3.8) is 0 Å². The molecule has 3 aromatic carbocycles.